The molecule has 1 fully saturated rings. The molecule has 0 aliphatic carbocycles. The van der Waals surface area contributed by atoms with Crippen LogP contribution in [0.25, 0.3) is 0 Å². The molecule has 7 heteroatoms. The quantitative estimate of drug-likeness (QED) is 0.722. The zero-order valence-corrected chi connectivity index (χ0v) is 15.2. The van der Waals surface area contributed by atoms with Crippen molar-refractivity contribution in [1.29, 1.82) is 0 Å². The van der Waals surface area contributed by atoms with Gasteiger partial charge in [-0.05, 0) is 46.8 Å². The van der Waals surface area contributed by atoms with Crippen LogP contribution in [0.5, 0.6) is 0 Å². The van der Waals surface area contributed by atoms with Gasteiger partial charge in [0.05, 0.1) is 5.69 Å². The number of nitrogens with one attached hydrogen (secondary N) is 1. The van der Waals surface area contributed by atoms with Gasteiger partial charge in [-0.15, -0.1) is 0 Å². The Labute approximate surface area is 149 Å². The fourth-order valence-electron chi connectivity index (χ4n) is 2.80. The zero-order valence-electron chi connectivity index (χ0n) is 13.7. The van der Waals surface area contributed by atoms with Crippen molar-refractivity contribution in [1.82, 2.24) is 5.32 Å². The van der Waals surface area contributed by atoms with Crippen LogP contribution in [0.1, 0.15) is 26.7 Å². The van der Waals surface area contributed by atoms with E-state index >= 15 is 0 Å². The molecule has 0 bridgehead atoms. The van der Waals surface area contributed by atoms with Gasteiger partial charge in [0, 0.05) is 11.0 Å². The van der Waals surface area contributed by atoms with E-state index in [1.165, 1.54) is 0 Å². The third-order valence-electron chi connectivity index (χ3n) is 3.99. The number of carbonyl (C=O) groups is 3. The monoisotopic (exact) mass is 396 g/mol. The summed E-state index contributed by atoms with van der Waals surface area (Å²) in [5.41, 5.74) is 0.717. The average molecular weight is 397 g/mol. The van der Waals surface area contributed by atoms with Gasteiger partial charge in [-0.3, -0.25) is 9.59 Å². The molecule has 1 aromatic carbocycles. The minimum atomic E-state index is -1.08. The van der Waals surface area contributed by atoms with E-state index in [9.17, 15) is 19.5 Å². The molecular formula is C17H21BrN2O4. The lowest BCUT2D eigenvalue weighted by atomic mass is 10.0. The number of nitrogens with zero attached hydrogens (tertiary/aromatic N) is 1. The van der Waals surface area contributed by atoms with Crippen molar-refractivity contribution in [2.45, 2.75) is 32.7 Å². The topological polar surface area (TPSA) is 86.7 Å². The lowest BCUT2D eigenvalue weighted by Crippen LogP contribution is -2.46. The second-order valence-electron chi connectivity index (χ2n) is 6.31. The predicted molar refractivity (Wildman–Crippen MR) is 93.6 cm³/mol. The first-order chi connectivity index (χ1) is 11.3. The Morgan fingerprint density at radius 1 is 1.38 bits per heavy atom. The maximum Gasteiger partial charge on any atom is 0.326 e. The van der Waals surface area contributed by atoms with Crippen molar-refractivity contribution in [3.63, 3.8) is 0 Å². The van der Waals surface area contributed by atoms with Crippen LogP contribution in [-0.2, 0) is 14.4 Å². The van der Waals surface area contributed by atoms with Gasteiger partial charge in [-0.1, -0.05) is 26.0 Å². The van der Waals surface area contributed by atoms with Crippen LogP contribution in [0.2, 0.25) is 0 Å². The van der Waals surface area contributed by atoms with Crippen molar-refractivity contribution in [3.05, 3.63) is 28.7 Å². The Balaban J connectivity index is 2.08. The first kappa shape index (κ1) is 18.4. The normalized spacial score (nSPS) is 18.8. The Kier molecular flexibility index (Phi) is 5.99. The van der Waals surface area contributed by atoms with Crippen molar-refractivity contribution in [3.8, 4) is 0 Å². The third-order valence-corrected chi connectivity index (χ3v) is 4.66. The van der Waals surface area contributed by atoms with Gasteiger partial charge in [0.2, 0.25) is 11.8 Å². The molecule has 2 N–H and O–H groups in total. The fourth-order valence-corrected chi connectivity index (χ4v) is 3.30. The highest BCUT2D eigenvalue weighted by molar-refractivity contribution is 9.10. The van der Waals surface area contributed by atoms with E-state index in [4.69, 9.17) is 0 Å². The van der Waals surface area contributed by atoms with Crippen molar-refractivity contribution < 1.29 is 19.5 Å². The van der Waals surface area contributed by atoms with Crippen LogP contribution in [0.4, 0.5) is 5.69 Å². The summed E-state index contributed by atoms with van der Waals surface area (Å²) in [6.07, 6.45) is 0.704. The van der Waals surface area contributed by atoms with E-state index in [2.05, 4.69) is 21.2 Å². The lowest BCUT2D eigenvalue weighted by Gasteiger charge is -2.20. The fraction of sp³-hybridized carbons (Fsp3) is 0.471. The Morgan fingerprint density at radius 2 is 2.04 bits per heavy atom. The molecule has 1 aliphatic heterocycles. The van der Waals surface area contributed by atoms with E-state index in [1.54, 1.807) is 11.0 Å². The van der Waals surface area contributed by atoms with Crippen molar-refractivity contribution >= 4 is 39.4 Å². The molecule has 2 rings (SSSR count). The molecule has 1 unspecified atom stereocenters. The van der Waals surface area contributed by atoms with Gasteiger partial charge in [-0.25, -0.2) is 4.79 Å². The minimum absolute atomic E-state index is 0.127. The molecule has 2 amide bonds. The Morgan fingerprint density at radius 3 is 2.62 bits per heavy atom. The maximum absolute atomic E-state index is 12.6. The number of para-hydroxylation sites is 1. The van der Waals surface area contributed by atoms with Gasteiger partial charge in [0.15, 0.2) is 0 Å². The van der Waals surface area contributed by atoms with E-state index < -0.39 is 23.8 Å². The number of hydrogen-bond donors (Lipinski definition) is 2. The first-order valence-corrected chi connectivity index (χ1v) is 8.69. The summed E-state index contributed by atoms with van der Waals surface area (Å²) in [6, 6.07) is 6.34. The molecule has 2 atom stereocenters. The van der Waals surface area contributed by atoms with E-state index in [0.29, 0.717) is 19.4 Å². The number of amides is 2. The minimum Gasteiger partial charge on any atom is -0.480 e. The SMILES string of the molecule is CC(C)C[C@H](NC(=O)C1CCN(c2ccccc2Br)C1=O)C(=O)O. The number of anilines is 1. The molecule has 0 saturated carbocycles. The van der Waals surface area contributed by atoms with Crippen LogP contribution < -0.4 is 10.2 Å². The number of carboxylic acids is 1. The highest BCUT2D eigenvalue weighted by Gasteiger charge is 2.39. The molecule has 1 aromatic rings. The molecule has 0 radical (unpaired) electrons. The number of aliphatic carboxylic acids is 1. The highest BCUT2D eigenvalue weighted by Crippen LogP contribution is 2.31. The number of benzene rings is 1. The molecule has 6 nitrogen and oxygen atoms in total. The molecule has 130 valence electrons. The number of halogens is 1. The van der Waals surface area contributed by atoms with Crippen molar-refractivity contribution in [2.75, 3.05) is 11.4 Å². The van der Waals surface area contributed by atoms with Gasteiger partial charge in [0.1, 0.15) is 12.0 Å². The summed E-state index contributed by atoms with van der Waals surface area (Å²) in [5, 5.41) is 11.7. The second kappa shape index (κ2) is 7.79. The Bertz CT molecular complexity index is 647. The maximum atomic E-state index is 12.6. The zero-order chi connectivity index (χ0) is 17.9. The number of rotatable bonds is 6. The van der Waals surface area contributed by atoms with E-state index in [-0.39, 0.29) is 11.8 Å². The molecule has 0 aromatic heterocycles. The molecule has 1 aliphatic rings. The van der Waals surface area contributed by atoms with Gasteiger partial charge >= 0.3 is 5.97 Å². The van der Waals surface area contributed by atoms with Crippen LogP contribution in [0.3, 0.4) is 0 Å². The number of hydrogen-bond acceptors (Lipinski definition) is 3. The summed E-state index contributed by atoms with van der Waals surface area (Å²) in [4.78, 5) is 37.8. The van der Waals surface area contributed by atoms with E-state index in [0.717, 1.165) is 10.2 Å². The summed E-state index contributed by atoms with van der Waals surface area (Å²) >= 11 is 3.41. The molecular weight excluding hydrogens is 376 g/mol. The summed E-state index contributed by atoms with van der Waals surface area (Å²) in [6.45, 7) is 4.20. The lowest BCUT2D eigenvalue weighted by molar-refractivity contribution is -0.144. The highest BCUT2D eigenvalue weighted by atomic mass is 79.9. The first-order valence-electron chi connectivity index (χ1n) is 7.90. The Hall–Kier alpha value is -1.89. The largest absolute Gasteiger partial charge is 0.480 e. The van der Waals surface area contributed by atoms with Crippen LogP contribution >= 0.6 is 15.9 Å². The van der Waals surface area contributed by atoms with Crippen LogP contribution in [0.15, 0.2) is 28.7 Å². The summed E-state index contributed by atoms with van der Waals surface area (Å²) in [7, 11) is 0. The van der Waals surface area contributed by atoms with E-state index in [1.807, 2.05) is 32.0 Å². The van der Waals surface area contributed by atoms with Crippen LogP contribution in [0, 0.1) is 11.8 Å². The molecule has 0 spiro atoms. The summed E-state index contributed by atoms with van der Waals surface area (Å²) < 4.78 is 0.780. The average Bonchev–Trinajstić information content (AvgIpc) is 2.88. The number of carbonyl (C=O) groups excluding carboxylic acids is 2. The van der Waals surface area contributed by atoms with Gasteiger partial charge in [-0.2, -0.15) is 0 Å². The number of carboxylic acid groups (broad SMARTS) is 1. The third kappa shape index (κ3) is 4.14. The van der Waals surface area contributed by atoms with Gasteiger partial charge < -0.3 is 15.3 Å². The standard InChI is InChI=1S/C17H21BrN2O4/c1-10(2)9-13(17(23)24)19-15(21)11-7-8-20(16(11)22)14-6-4-3-5-12(14)18/h3-6,10-11,13H,7-9H2,1-2H3,(H,19,21)(H,23,24)/t11?,13-/m0/s1. The smallest absolute Gasteiger partial charge is 0.326 e. The predicted octanol–water partition coefficient (Wildman–Crippen LogP) is 2.42. The van der Waals surface area contributed by atoms with Gasteiger partial charge in [0.25, 0.3) is 0 Å². The molecule has 24 heavy (non-hydrogen) atoms. The molecule has 1 heterocycles. The summed E-state index contributed by atoms with van der Waals surface area (Å²) in [5.74, 6) is -2.60. The van der Waals surface area contributed by atoms with Crippen molar-refractivity contribution in [2.24, 2.45) is 11.8 Å². The second-order valence-corrected chi connectivity index (χ2v) is 7.17. The molecule has 1 saturated heterocycles. The van der Waals surface area contributed by atoms with Crippen LogP contribution in [-0.4, -0.2) is 35.5 Å².